The van der Waals surface area contributed by atoms with Gasteiger partial charge in [0.25, 0.3) is 0 Å². The third kappa shape index (κ3) is 5.91. The zero-order valence-electron chi connectivity index (χ0n) is 19.0. The maximum absolute atomic E-state index is 9.44. The van der Waals surface area contributed by atoms with Gasteiger partial charge >= 0.3 is 0 Å². The molecule has 1 unspecified atom stereocenters. The highest BCUT2D eigenvalue weighted by molar-refractivity contribution is 14.0. The van der Waals surface area contributed by atoms with Crippen LogP contribution in [0.3, 0.4) is 0 Å². The Hall–Kier alpha value is -2.28. The van der Waals surface area contributed by atoms with Gasteiger partial charge in [-0.3, -0.25) is 9.67 Å². The topological polar surface area (TPSA) is 81.3 Å². The predicted molar refractivity (Wildman–Crippen MR) is 137 cm³/mol. The number of nitrogens with one attached hydrogen (secondary N) is 2. The third-order valence-corrected chi connectivity index (χ3v) is 5.81. The van der Waals surface area contributed by atoms with Gasteiger partial charge in [0.15, 0.2) is 5.96 Å². The zero-order valence-corrected chi connectivity index (χ0v) is 21.3. The summed E-state index contributed by atoms with van der Waals surface area (Å²) < 4.78 is 2.00. The van der Waals surface area contributed by atoms with Crippen molar-refractivity contribution in [2.24, 2.45) is 12.0 Å². The van der Waals surface area contributed by atoms with E-state index >= 15 is 0 Å². The first-order valence-electron chi connectivity index (χ1n) is 10.9. The molecular weight excluding hydrogens is 501 g/mol. The number of nitrogens with zero attached hydrogens (tertiary/aromatic N) is 5. The second-order valence-electron chi connectivity index (χ2n) is 7.69. The Balaban J connectivity index is 0.00000341. The minimum absolute atomic E-state index is 0. The molecule has 1 aliphatic heterocycles. The quantitative estimate of drug-likeness (QED) is 0.337. The average molecular weight is 535 g/mol. The van der Waals surface area contributed by atoms with E-state index in [9.17, 15) is 5.26 Å². The molecule has 0 aliphatic carbocycles. The molecule has 0 bridgehead atoms. The molecule has 2 heterocycles. The van der Waals surface area contributed by atoms with Gasteiger partial charge in [0.2, 0.25) is 0 Å². The Bertz CT molecular complexity index is 928. The van der Waals surface area contributed by atoms with Crippen LogP contribution in [0.5, 0.6) is 0 Å². The van der Waals surface area contributed by atoms with Crippen LogP contribution in [-0.4, -0.2) is 41.9 Å². The fourth-order valence-corrected chi connectivity index (χ4v) is 4.31. The van der Waals surface area contributed by atoms with E-state index in [0.717, 1.165) is 61.7 Å². The molecule has 1 saturated heterocycles. The van der Waals surface area contributed by atoms with Crippen molar-refractivity contribution < 1.29 is 0 Å². The lowest BCUT2D eigenvalue weighted by Gasteiger charge is -2.35. The van der Waals surface area contributed by atoms with Crippen LogP contribution in [0.25, 0.3) is 0 Å². The number of anilines is 1. The number of aryl methyl sites for hydroxylation is 2. The van der Waals surface area contributed by atoms with Gasteiger partial charge in [-0.2, -0.15) is 10.4 Å². The van der Waals surface area contributed by atoms with Crippen LogP contribution in [0.4, 0.5) is 5.69 Å². The van der Waals surface area contributed by atoms with E-state index in [1.807, 2.05) is 43.0 Å². The van der Waals surface area contributed by atoms with Crippen LogP contribution in [0.1, 0.15) is 49.2 Å². The number of guanidine groups is 1. The predicted octanol–water partition coefficient (Wildman–Crippen LogP) is 3.37. The number of nitriles is 1. The van der Waals surface area contributed by atoms with Gasteiger partial charge in [-0.1, -0.05) is 26.0 Å². The van der Waals surface area contributed by atoms with E-state index in [-0.39, 0.29) is 30.0 Å². The van der Waals surface area contributed by atoms with Crippen molar-refractivity contribution in [3.8, 4) is 6.07 Å². The molecule has 0 spiro atoms. The Morgan fingerprint density at radius 3 is 2.74 bits per heavy atom. The molecule has 0 radical (unpaired) electrons. The number of hydrogen-bond donors (Lipinski definition) is 2. The standard InChI is InChI=1S/C23H33N7.HI/c1-5-20-19(21(6-2)29(4)28-20)15-26-23(25-3)27-18-11-9-13-30(16-18)22-12-8-7-10-17(22)14-24;/h7-8,10,12,18H,5-6,9,11,13,15-16H2,1-4H3,(H2,25,26,27);1H. The molecule has 7 nitrogen and oxygen atoms in total. The minimum atomic E-state index is 0. The lowest BCUT2D eigenvalue weighted by Crippen LogP contribution is -2.51. The molecule has 0 saturated carbocycles. The summed E-state index contributed by atoms with van der Waals surface area (Å²) in [7, 11) is 3.83. The number of aromatic nitrogens is 2. The monoisotopic (exact) mass is 535 g/mol. The highest BCUT2D eigenvalue weighted by atomic mass is 127. The van der Waals surface area contributed by atoms with Crippen LogP contribution in [0.15, 0.2) is 29.3 Å². The van der Waals surface area contributed by atoms with Gasteiger partial charge in [-0.05, 0) is 37.8 Å². The first-order valence-corrected chi connectivity index (χ1v) is 10.9. The Morgan fingerprint density at radius 2 is 2.06 bits per heavy atom. The van der Waals surface area contributed by atoms with E-state index in [4.69, 9.17) is 0 Å². The van der Waals surface area contributed by atoms with Crippen molar-refractivity contribution in [2.75, 3.05) is 25.0 Å². The largest absolute Gasteiger partial charge is 0.368 e. The maximum Gasteiger partial charge on any atom is 0.191 e. The van der Waals surface area contributed by atoms with Crippen LogP contribution in [-0.2, 0) is 26.4 Å². The van der Waals surface area contributed by atoms with E-state index in [2.05, 4.69) is 45.5 Å². The van der Waals surface area contributed by atoms with E-state index in [1.165, 1.54) is 11.3 Å². The highest BCUT2D eigenvalue weighted by Gasteiger charge is 2.23. The summed E-state index contributed by atoms with van der Waals surface area (Å²) in [6, 6.07) is 10.4. The first kappa shape index (κ1) is 25.0. The smallest absolute Gasteiger partial charge is 0.191 e. The number of benzene rings is 1. The molecule has 1 aromatic heterocycles. The van der Waals surface area contributed by atoms with E-state index < -0.39 is 0 Å². The number of rotatable bonds is 6. The molecule has 0 amide bonds. The van der Waals surface area contributed by atoms with Gasteiger partial charge in [-0.25, -0.2) is 0 Å². The summed E-state index contributed by atoms with van der Waals surface area (Å²) in [4.78, 5) is 6.75. The number of hydrogen-bond acceptors (Lipinski definition) is 4. The molecule has 2 aromatic rings. The summed E-state index contributed by atoms with van der Waals surface area (Å²) in [6.45, 7) is 6.86. The van der Waals surface area contributed by atoms with Crippen LogP contribution in [0.2, 0.25) is 0 Å². The van der Waals surface area contributed by atoms with Crippen molar-refractivity contribution >= 4 is 35.6 Å². The van der Waals surface area contributed by atoms with Crippen LogP contribution >= 0.6 is 24.0 Å². The van der Waals surface area contributed by atoms with Gasteiger partial charge in [0.05, 0.1) is 16.9 Å². The lowest BCUT2D eigenvalue weighted by atomic mass is 10.0. The van der Waals surface area contributed by atoms with Crippen molar-refractivity contribution in [3.63, 3.8) is 0 Å². The normalized spacial score (nSPS) is 16.4. The van der Waals surface area contributed by atoms with Gasteiger partial charge in [0.1, 0.15) is 6.07 Å². The number of aliphatic imine (C=N–C) groups is 1. The Kier molecular flexibility index (Phi) is 9.62. The third-order valence-electron chi connectivity index (χ3n) is 5.81. The second kappa shape index (κ2) is 11.9. The number of piperidine rings is 1. The van der Waals surface area contributed by atoms with Crippen LogP contribution in [0, 0.1) is 11.3 Å². The van der Waals surface area contributed by atoms with Gasteiger partial charge in [-0.15, -0.1) is 24.0 Å². The molecule has 3 rings (SSSR count). The average Bonchev–Trinajstić information content (AvgIpc) is 3.10. The van der Waals surface area contributed by atoms with Crippen LogP contribution < -0.4 is 15.5 Å². The number of para-hydroxylation sites is 1. The van der Waals surface area contributed by atoms with E-state index in [1.54, 1.807) is 0 Å². The molecule has 1 atom stereocenters. The molecule has 1 aromatic carbocycles. The molecule has 1 aliphatic rings. The van der Waals surface area contributed by atoms with Crippen molar-refractivity contribution in [1.82, 2.24) is 20.4 Å². The highest BCUT2D eigenvalue weighted by Crippen LogP contribution is 2.23. The minimum Gasteiger partial charge on any atom is -0.368 e. The second-order valence-corrected chi connectivity index (χ2v) is 7.69. The number of halogens is 1. The molecule has 1 fully saturated rings. The lowest BCUT2D eigenvalue weighted by molar-refractivity contribution is 0.468. The Labute approximate surface area is 202 Å². The van der Waals surface area contributed by atoms with E-state index in [0.29, 0.717) is 6.54 Å². The maximum atomic E-state index is 9.44. The fraction of sp³-hybridized carbons (Fsp3) is 0.522. The van der Waals surface area contributed by atoms with Gasteiger partial charge in [0, 0.05) is 51.0 Å². The molecule has 31 heavy (non-hydrogen) atoms. The summed E-state index contributed by atoms with van der Waals surface area (Å²) >= 11 is 0. The van der Waals surface area contributed by atoms with Gasteiger partial charge < -0.3 is 15.5 Å². The summed E-state index contributed by atoms with van der Waals surface area (Å²) in [5.74, 6) is 0.809. The summed E-state index contributed by atoms with van der Waals surface area (Å²) in [5, 5.41) is 21.2. The summed E-state index contributed by atoms with van der Waals surface area (Å²) in [5.41, 5.74) is 5.45. The van der Waals surface area contributed by atoms with Crippen molar-refractivity contribution in [3.05, 3.63) is 46.8 Å². The Morgan fingerprint density at radius 1 is 1.29 bits per heavy atom. The molecule has 168 valence electrons. The molecule has 2 N–H and O–H groups in total. The first-order chi connectivity index (χ1) is 14.6. The molecule has 8 heteroatoms. The summed E-state index contributed by atoms with van der Waals surface area (Å²) in [6.07, 6.45) is 4.05. The van der Waals surface area contributed by atoms with Crippen molar-refractivity contribution in [2.45, 2.75) is 52.1 Å². The SMILES string of the molecule is CCc1nn(C)c(CC)c1CNC(=NC)NC1CCCN(c2ccccc2C#N)C1.I. The molecular formula is C23H34IN7. The fourth-order valence-electron chi connectivity index (χ4n) is 4.31. The van der Waals surface area contributed by atoms with Crippen molar-refractivity contribution in [1.29, 1.82) is 5.26 Å². The zero-order chi connectivity index (χ0) is 21.5.